The van der Waals surface area contributed by atoms with E-state index in [2.05, 4.69) is 10.1 Å². The van der Waals surface area contributed by atoms with Gasteiger partial charge in [-0.1, -0.05) is 6.92 Å². The summed E-state index contributed by atoms with van der Waals surface area (Å²) in [5.74, 6) is -1.13. The number of nitrogens with one attached hydrogen (secondary N) is 1. The Kier molecular flexibility index (Phi) is 7.57. The highest BCUT2D eigenvalue weighted by molar-refractivity contribution is 5.85. The van der Waals surface area contributed by atoms with Crippen molar-refractivity contribution in [2.75, 3.05) is 26.9 Å². The van der Waals surface area contributed by atoms with Crippen LogP contribution in [0.1, 0.15) is 13.3 Å². The molecule has 0 heterocycles. The Balaban J connectivity index is 3.85. The van der Waals surface area contributed by atoms with Crippen LogP contribution in [0.15, 0.2) is 0 Å². The molecule has 6 nitrogen and oxygen atoms in total. The van der Waals surface area contributed by atoms with E-state index in [-0.39, 0.29) is 6.61 Å². The summed E-state index contributed by atoms with van der Waals surface area (Å²) < 4.78 is 9.33. The van der Waals surface area contributed by atoms with Crippen molar-refractivity contribution in [3.8, 4) is 0 Å². The average molecular weight is 219 g/mol. The molecule has 0 aliphatic carbocycles. The summed E-state index contributed by atoms with van der Waals surface area (Å²) in [6.07, 6.45) is 0.813. The molecule has 1 unspecified atom stereocenters. The predicted molar refractivity (Wildman–Crippen MR) is 52.1 cm³/mol. The van der Waals surface area contributed by atoms with Gasteiger partial charge in [-0.2, -0.15) is 0 Å². The van der Waals surface area contributed by atoms with E-state index in [1.165, 1.54) is 7.11 Å². The van der Waals surface area contributed by atoms with Crippen LogP contribution in [0.2, 0.25) is 0 Å². The maximum absolute atomic E-state index is 11.2. The molecule has 6 heteroatoms. The van der Waals surface area contributed by atoms with Crippen molar-refractivity contribution in [3.05, 3.63) is 0 Å². The zero-order valence-corrected chi connectivity index (χ0v) is 8.99. The Morgan fingerprint density at radius 1 is 1.47 bits per heavy atom. The molecule has 0 aliphatic rings. The van der Waals surface area contributed by atoms with Gasteiger partial charge in [0, 0.05) is 6.61 Å². The van der Waals surface area contributed by atoms with Crippen molar-refractivity contribution in [1.29, 1.82) is 0 Å². The van der Waals surface area contributed by atoms with Crippen LogP contribution >= 0.6 is 0 Å². The predicted octanol–water partition coefficient (Wildman–Crippen LogP) is -0.937. The summed E-state index contributed by atoms with van der Waals surface area (Å²) in [5, 5.41) is 11.1. The van der Waals surface area contributed by atoms with E-state index in [0.717, 1.165) is 6.42 Å². The van der Waals surface area contributed by atoms with Crippen molar-refractivity contribution < 1.29 is 24.2 Å². The standard InChI is InChI=1S/C9H17NO5/c1-3-4-15-6-8(12)10-7(5-11)9(13)14-2/h7,11H,3-6H2,1-2H3,(H,10,12). The SMILES string of the molecule is CCCOCC(=O)NC(CO)C(=O)OC. The second-order valence-electron chi connectivity index (χ2n) is 2.88. The molecule has 0 spiro atoms. The molecular weight excluding hydrogens is 202 g/mol. The molecule has 0 saturated heterocycles. The first-order chi connectivity index (χ1) is 7.15. The minimum Gasteiger partial charge on any atom is -0.467 e. The van der Waals surface area contributed by atoms with Gasteiger partial charge in [-0.15, -0.1) is 0 Å². The third-order valence-corrected chi connectivity index (χ3v) is 1.59. The number of esters is 1. The fourth-order valence-electron chi connectivity index (χ4n) is 0.867. The zero-order valence-electron chi connectivity index (χ0n) is 8.99. The Bertz CT molecular complexity index is 207. The van der Waals surface area contributed by atoms with Crippen LogP contribution < -0.4 is 5.32 Å². The molecule has 1 amide bonds. The van der Waals surface area contributed by atoms with Gasteiger partial charge in [-0.05, 0) is 6.42 Å². The van der Waals surface area contributed by atoms with Crippen LogP contribution in [-0.4, -0.2) is 50.0 Å². The normalized spacial score (nSPS) is 11.9. The molecule has 0 aliphatic heterocycles. The average Bonchev–Trinajstić information content (AvgIpc) is 2.25. The number of carbonyl (C=O) groups excluding carboxylic acids is 2. The molecule has 2 N–H and O–H groups in total. The third kappa shape index (κ3) is 6.03. The fourth-order valence-corrected chi connectivity index (χ4v) is 0.867. The van der Waals surface area contributed by atoms with Gasteiger partial charge >= 0.3 is 5.97 Å². The van der Waals surface area contributed by atoms with Crippen LogP contribution in [0.5, 0.6) is 0 Å². The maximum Gasteiger partial charge on any atom is 0.330 e. The number of hydrogen-bond acceptors (Lipinski definition) is 5. The van der Waals surface area contributed by atoms with E-state index in [0.29, 0.717) is 6.61 Å². The van der Waals surface area contributed by atoms with Gasteiger partial charge in [0.25, 0.3) is 0 Å². The zero-order chi connectivity index (χ0) is 11.7. The molecule has 0 radical (unpaired) electrons. The summed E-state index contributed by atoms with van der Waals surface area (Å²) in [4.78, 5) is 22.1. The number of aliphatic hydroxyl groups excluding tert-OH is 1. The molecule has 15 heavy (non-hydrogen) atoms. The largest absolute Gasteiger partial charge is 0.467 e. The van der Waals surface area contributed by atoms with Crippen LogP contribution in [0.4, 0.5) is 0 Å². The van der Waals surface area contributed by atoms with E-state index in [4.69, 9.17) is 9.84 Å². The number of hydrogen-bond donors (Lipinski definition) is 2. The molecule has 0 aromatic heterocycles. The highest BCUT2D eigenvalue weighted by Gasteiger charge is 2.19. The maximum atomic E-state index is 11.2. The summed E-state index contributed by atoms with van der Waals surface area (Å²) in [7, 11) is 1.19. The lowest BCUT2D eigenvalue weighted by molar-refractivity contribution is -0.146. The molecule has 0 saturated carbocycles. The second kappa shape index (κ2) is 8.19. The minimum absolute atomic E-state index is 0.124. The van der Waals surface area contributed by atoms with E-state index in [9.17, 15) is 9.59 Å². The quantitative estimate of drug-likeness (QED) is 0.426. The van der Waals surface area contributed by atoms with Crippen molar-refractivity contribution in [3.63, 3.8) is 0 Å². The Hall–Kier alpha value is -1.14. The highest BCUT2D eigenvalue weighted by Crippen LogP contribution is 1.88. The molecule has 1 atom stereocenters. The monoisotopic (exact) mass is 219 g/mol. The smallest absolute Gasteiger partial charge is 0.330 e. The number of aliphatic hydroxyl groups is 1. The number of carbonyl (C=O) groups is 2. The van der Waals surface area contributed by atoms with E-state index >= 15 is 0 Å². The Labute approximate surface area is 88.6 Å². The van der Waals surface area contributed by atoms with Gasteiger partial charge in [0.2, 0.25) is 5.91 Å². The summed E-state index contributed by atoms with van der Waals surface area (Å²) >= 11 is 0. The summed E-state index contributed by atoms with van der Waals surface area (Å²) in [6.45, 7) is 1.78. The van der Waals surface area contributed by atoms with E-state index < -0.39 is 24.5 Å². The van der Waals surface area contributed by atoms with Gasteiger partial charge in [0.1, 0.15) is 6.61 Å². The van der Waals surface area contributed by atoms with Gasteiger partial charge in [0.05, 0.1) is 13.7 Å². The van der Waals surface area contributed by atoms with Gasteiger partial charge in [-0.25, -0.2) is 4.79 Å². The minimum atomic E-state index is -1.02. The first-order valence-corrected chi connectivity index (χ1v) is 4.71. The van der Waals surface area contributed by atoms with Crippen molar-refractivity contribution >= 4 is 11.9 Å². The highest BCUT2D eigenvalue weighted by atomic mass is 16.5. The third-order valence-electron chi connectivity index (χ3n) is 1.59. The van der Waals surface area contributed by atoms with E-state index in [1.807, 2.05) is 6.92 Å². The number of amides is 1. The van der Waals surface area contributed by atoms with Crippen LogP contribution in [0.3, 0.4) is 0 Å². The lowest BCUT2D eigenvalue weighted by atomic mass is 10.3. The molecule has 0 bridgehead atoms. The number of rotatable bonds is 7. The first kappa shape index (κ1) is 13.9. The topological polar surface area (TPSA) is 84.9 Å². The van der Waals surface area contributed by atoms with Crippen molar-refractivity contribution in [1.82, 2.24) is 5.32 Å². The van der Waals surface area contributed by atoms with Crippen molar-refractivity contribution in [2.45, 2.75) is 19.4 Å². The first-order valence-electron chi connectivity index (χ1n) is 4.71. The molecular formula is C9H17NO5. The number of ether oxygens (including phenoxy) is 2. The Morgan fingerprint density at radius 2 is 2.13 bits per heavy atom. The lowest BCUT2D eigenvalue weighted by Crippen LogP contribution is -2.45. The van der Waals surface area contributed by atoms with Crippen LogP contribution in [-0.2, 0) is 19.1 Å². The molecule has 88 valence electrons. The summed E-state index contributed by atoms with van der Waals surface area (Å²) in [6, 6.07) is -1.02. The van der Waals surface area contributed by atoms with Crippen molar-refractivity contribution in [2.24, 2.45) is 0 Å². The molecule has 0 fully saturated rings. The van der Waals surface area contributed by atoms with E-state index in [1.54, 1.807) is 0 Å². The number of methoxy groups -OCH3 is 1. The summed E-state index contributed by atoms with van der Waals surface area (Å²) in [5.41, 5.74) is 0. The molecule has 0 aromatic carbocycles. The van der Waals surface area contributed by atoms with Crippen LogP contribution in [0, 0.1) is 0 Å². The Morgan fingerprint density at radius 3 is 2.60 bits per heavy atom. The fraction of sp³-hybridized carbons (Fsp3) is 0.778. The molecule has 0 aromatic rings. The molecule has 0 rings (SSSR count). The van der Waals surface area contributed by atoms with Gasteiger partial charge in [-0.3, -0.25) is 4.79 Å². The van der Waals surface area contributed by atoms with Crippen LogP contribution in [0.25, 0.3) is 0 Å². The van der Waals surface area contributed by atoms with Gasteiger partial charge < -0.3 is 19.9 Å². The second-order valence-corrected chi connectivity index (χ2v) is 2.88. The lowest BCUT2D eigenvalue weighted by Gasteiger charge is -2.13. The van der Waals surface area contributed by atoms with Gasteiger partial charge in [0.15, 0.2) is 6.04 Å².